The second-order valence-corrected chi connectivity index (χ2v) is 11.9. The number of hydrogen-bond donors (Lipinski definition) is 1. The van der Waals surface area contributed by atoms with E-state index in [0.29, 0.717) is 56.3 Å². The maximum absolute atomic E-state index is 14.4. The number of nitrogens with zero attached hydrogens (tertiary/aromatic N) is 5. The van der Waals surface area contributed by atoms with Gasteiger partial charge in [0.15, 0.2) is 0 Å². The Hall–Kier alpha value is -4.05. The summed E-state index contributed by atoms with van der Waals surface area (Å²) in [6.07, 6.45) is 5.65. The van der Waals surface area contributed by atoms with Gasteiger partial charge < -0.3 is 15.1 Å². The number of para-hydroxylation sites is 2. The van der Waals surface area contributed by atoms with Gasteiger partial charge in [-0.15, -0.1) is 0 Å². The van der Waals surface area contributed by atoms with E-state index in [1.54, 1.807) is 18.2 Å². The van der Waals surface area contributed by atoms with Crippen LogP contribution in [0.2, 0.25) is 0 Å². The van der Waals surface area contributed by atoms with Gasteiger partial charge in [0.2, 0.25) is 11.8 Å². The summed E-state index contributed by atoms with van der Waals surface area (Å²) in [4.78, 5) is 64.9. The van der Waals surface area contributed by atoms with E-state index in [-0.39, 0.29) is 42.3 Å². The monoisotopic (exact) mass is 568 g/mol. The van der Waals surface area contributed by atoms with Crippen LogP contribution in [0.4, 0.5) is 5.69 Å². The first-order chi connectivity index (χ1) is 20.5. The van der Waals surface area contributed by atoms with Crippen molar-refractivity contribution in [3.05, 3.63) is 70.8 Å². The van der Waals surface area contributed by atoms with E-state index < -0.39 is 11.5 Å². The Morgan fingerprint density at radius 3 is 2.67 bits per heavy atom. The summed E-state index contributed by atoms with van der Waals surface area (Å²) in [6, 6.07) is 15.4. The molecule has 4 aliphatic heterocycles. The van der Waals surface area contributed by atoms with Gasteiger partial charge >= 0.3 is 0 Å². The lowest BCUT2D eigenvalue weighted by Crippen LogP contribution is -2.56. The summed E-state index contributed by atoms with van der Waals surface area (Å²) in [5.74, 6) is -0.574. The molecule has 7 rings (SSSR count). The van der Waals surface area contributed by atoms with Crippen LogP contribution < -0.4 is 15.8 Å². The molecule has 3 saturated heterocycles. The molecule has 3 fully saturated rings. The highest BCUT2D eigenvalue weighted by molar-refractivity contribution is 6.11. The van der Waals surface area contributed by atoms with Gasteiger partial charge in [0.25, 0.3) is 11.5 Å². The number of carbonyl (C=O) groups is 3. The van der Waals surface area contributed by atoms with E-state index in [1.807, 2.05) is 40.1 Å². The van der Waals surface area contributed by atoms with Crippen LogP contribution in [0.1, 0.15) is 44.1 Å². The average Bonchev–Trinajstić information content (AvgIpc) is 3.67. The highest BCUT2D eigenvalue weighted by Crippen LogP contribution is 2.57. The Kier molecular flexibility index (Phi) is 6.80. The summed E-state index contributed by atoms with van der Waals surface area (Å²) in [5, 5.41) is 3.66. The van der Waals surface area contributed by atoms with Crippen molar-refractivity contribution in [3.63, 3.8) is 0 Å². The molecule has 1 aromatic heterocycles. The topological polar surface area (TPSA) is 108 Å². The van der Waals surface area contributed by atoms with E-state index in [1.165, 1.54) is 10.9 Å². The zero-order valence-corrected chi connectivity index (χ0v) is 23.7. The lowest BCUT2D eigenvalue weighted by Gasteiger charge is -2.37. The molecule has 5 heterocycles. The van der Waals surface area contributed by atoms with Crippen molar-refractivity contribution in [1.29, 1.82) is 0 Å². The number of anilines is 1. The van der Waals surface area contributed by atoms with Crippen LogP contribution in [0.5, 0.6) is 0 Å². The van der Waals surface area contributed by atoms with E-state index in [9.17, 15) is 19.2 Å². The summed E-state index contributed by atoms with van der Waals surface area (Å²) in [6.45, 7) is 2.96. The van der Waals surface area contributed by atoms with Crippen molar-refractivity contribution in [2.75, 3.05) is 37.6 Å². The standard InChI is InChI=1S/C32H36N6O4/c39-28(13-19-36-21-34-26-11-3-1-9-23(26)30(36)41)35-15-6-14-33-29(40)25-20-22-8-5-18-38(22)32(25)24-10-2-4-12-27(24)37(31(32)42)17-7-16-35/h1-4,9-12,21-22,25H,5-8,13-20H2,(H,33,40)/t22-,25-,32+/m0/s1. The molecule has 4 aliphatic rings. The predicted molar refractivity (Wildman–Crippen MR) is 158 cm³/mol. The predicted octanol–water partition coefficient (Wildman–Crippen LogP) is 2.25. The van der Waals surface area contributed by atoms with E-state index in [2.05, 4.69) is 15.2 Å². The second kappa shape index (κ2) is 10.7. The molecule has 0 aliphatic carbocycles. The van der Waals surface area contributed by atoms with Gasteiger partial charge in [0.05, 0.1) is 23.1 Å². The fourth-order valence-corrected chi connectivity index (χ4v) is 7.81. The van der Waals surface area contributed by atoms with Crippen molar-refractivity contribution in [2.24, 2.45) is 5.92 Å². The smallest absolute Gasteiger partial charge is 0.261 e. The summed E-state index contributed by atoms with van der Waals surface area (Å²) in [5.41, 5.74) is 1.35. The van der Waals surface area contributed by atoms with E-state index >= 15 is 0 Å². The number of amides is 3. The average molecular weight is 569 g/mol. The summed E-state index contributed by atoms with van der Waals surface area (Å²) >= 11 is 0. The number of aryl methyl sites for hydroxylation is 1. The van der Waals surface area contributed by atoms with E-state index in [0.717, 1.165) is 30.6 Å². The molecule has 0 radical (unpaired) electrons. The van der Waals surface area contributed by atoms with E-state index in [4.69, 9.17) is 0 Å². The Morgan fingerprint density at radius 2 is 1.76 bits per heavy atom. The van der Waals surface area contributed by atoms with Crippen LogP contribution in [0.15, 0.2) is 59.7 Å². The molecule has 42 heavy (non-hydrogen) atoms. The maximum atomic E-state index is 14.4. The minimum absolute atomic E-state index is 0.00597. The molecule has 3 aromatic rings. The van der Waals surface area contributed by atoms with Crippen LogP contribution in [-0.2, 0) is 26.5 Å². The third-order valence-electron chi connectivity index (χ3n) is 9.70. The zero-order chi connectivity index (χ0) is 28.8. The Bertz CT molecular complexity index is 1620. The van der Waals surface area contributed by atoms with Gasteiger partial charge in [0.1, 0.15) is 5.54 Å². The third kappa shape index (κ3) is 4.14. The van der Waals surface area contributed by atoms with Gasteiger partial charge in [-0.2, -0.15) is 0 Å². The fraction of sp³-hybridized carbons (Fsp3) is 0.469. The molecule has 10 heteroatoms. The molecule has 10 nitrogen and oxygen atoms in total. The highest BCUT2D eigenvalue weighted by Gasteiger charge is 2.67. The van der Waals surface area contributed by atoms with Crippen molar-refractivity contribution in [1.82, 2.24) is 24.7 Å². The number of fused-ring (bicyclic) bond motifs is 5. The maximum Gasteiger partial charge on any atom is 0.261 e. The van der Waals surface area contributed by atoms with Crippen molar-refractivity contribution in [2.45, 2.75) is 56.7 Å². The molecule has 2 bridgehead atoms. The molecule has 218 valence electrons. The minimum atomic E-state index is -0.952. The zero-order valence-electron chi connectivity index (χ0n) is 23.7. The fourth-order valence-electron chi connectivity index (χ4n) is 7.81. The van der Waals surface area contributed by atoms with Gasteiger partial charge in [-0.1, -0.05) is 30.3 Å². The normalized spacial score (nSPS) is 26.2. The molecular formula is C32H36N6O4. The number of carbonyl (C=O) groups excluding carboxylic acids is 3. The highest BCUT2D eigenvalue weighted by atomic mass is 16.2. The Morgan fingerprint density at radius 1 is 0.952 bits per heavy atom. The molecule has 3 amide bonds. The first-order valence-corrected chi connectivity index (χ1v) is 15.2. The van der Waals surface area contributed by atoms with Gasteiger partial charge in [0, 0.05) is 56.4 Å². The number of nitrogens with one attached hydrogen (secondary N) is 1. The van der Waals surface area contributed by atoms with Gasteiger partial charge in [-0.3, -0.25) is 28.6 Å². The van der Waals surface area contributed by atoms with Crippen LogP contribution in [0.25, 0.3) is 10.9 Å². The lowest BCUT2D eigenvalue weighted by molar-refractivity contribution is -0.138. The summed E-state index contributed by atoms with van der Waals surface area (Å²) in [7, 11) is 0. The lowest BCUT2D eigenvalue weighted by atomic mass is 9.78. The first kappa shape index (κ1) is 26.8. The Balaban J connectivity index is 1.12. The molecule has 3 atom stereocenters. The number of benzene rings is 2. The molecule has 0 unspecified atom stereocenters. The van der Waals surface area contributed by atoms with Crippen molar-refractivity contribution in [3.8, 4) is 0 Å². The number of rotatable bonds is 3. The SMILES string of the molecule is O=C1NCCCN(C(=O)CCn2cnc3ccccc3c2=O)CCCN2C(=O)[C@@]3(c4ccccc42)[C@H]1C[C@@H]1CCCN13. The molecule has 1 spiro atoms. The molecular weight excluding hydrogens is 532 g/mol. The summed E-state index contributed by atoms with van der Waals surface area (Å²) < 4.78 is 1.49. The number of hydrogen-bond acceptors (Lipinski definition) is 6. The first-order valence-electron chi connectivity index (χ1n) is 15.2. The molecule has 2 aromatic carbocycles. The molecule has 1 N–H and O–H groups in total. The Labute approximate surface area is 244 Å². The van der Waals surface area contributed by atoms with Crippen molar-refractivity contribution >= 4 is 34.3 Å². The van der Waals surface area contributed by atoms with Crippen LogP contribution in [0.3, 0.4) is 0 Å². The largest absolute Gasteiger partial charge is 0.356 e. The van der Waals surface area contributed by atoms with Crippen LogP contribution in [-0.4, -0.2) is 75.8 Å². The quantitative estimate of drug-likeness (QED) is 0.520. The van der Waals surface area contributed by atoms with Crippen LogP contribution in [0, 0.1) is 5.92 Å². The second-order valence-electron chi connectivity index (χ2n) is 11.9. The number of aromatic nitrogens is 2. The third-order valence-corrected chi connectivity index (χ3v) is 9.70. The van der Waals surface area contributed by atoms with Gasteiger partial charge in [-0.25, -0.2) is 4.98 Å². The van der Waals surface area contributed by atoms with Gasteiger partial charge in [-0.05, 0) is 56.8 Å². The molecule has 0 saturated carbocycles. The van der Waals surface area contributed by atoms with Crippen molar-refractivity contribution < 1.29 is 14.4 Å². The minimum Gasteiger partial charge on any atom is -0.356 e. The van der Waals surface area contributed by atoms with Crippen LogP contribution >= 0.6 is 0 Å².